The molecule has 1 N–H and O–H groups in total. The minimum atomic E-state index is -4.10. The topological polar surface area (TPSA) is 113 Å². The first-order chi connectivity index (χ1) is 20.3. The lowest BCUT2D eigenvalue weighted by atomic mass is 10.2. The molecule has 9 nitrogen and oxygen atoms in total. The van der Waals surface area contributed by atoms with Crippen molar-refractivity contribution in [2.75, 3.05) is 13.2 Å². The zero-order valence-electron chi connectivity index (χ0n) is 23.0. The van der Waals surface area contributed by atoms with Crippen LogP contribution in [0, 0.1) is 0 Å². The molecule has 218 valence electrons. The minimum Gasteiger partial charge on any atom is -0.490 e. The summed E-state index contributed by atoms with van der Waals surface area (Å²) in [5.41, 5.74) is 4.35. The van der Waals surface area contributed by atoms with E-state index in [1.54, 1.807) is 55.5 Å². The van der Waals surface area contributed by atoms with E-state index >= 15 is 0 Å². The Balaban J connectivity index is 1.47. The number of rotatable bonds is 13. The largest absolute Gasteiger partial charge is 0.490 e. The van der Waals surface area contributed by atoms with E-state index in [4.69, 9.17) is 18.4 Å². The van der Waals surface area contributed by atoms with Crippen LogP contribution < -0.4 is 23.8 Å². The molecule has 0 aliphatic rings. The molecule has 0 saturated heterocycles. The summed E-state index contributed by atoms with van der Waals surface area (Å²) in [7, 11) is -4.10. The molecule has 1 amide bonds. The van der Waals surface area contributed by atoms with Crippen molar-refractivity contribution in [1.29, 1.82) is 0 Å². The van der Waals surface area contributed by atoms with E-state index in [2.05, 4.69) is 26.5 Å². The molecule has 0 spiro atoms. The third-order valence-corrected chi connectivity index (χ3v) is 7.50. The molecule has 0 heterocycles. The lowest BCUT2D eigenvalue weighted by Gasteiger charge is -2.14. The van der Waals surface area contributed by atoms with Crippen molar-refractivity contribution >= 4 is 38.2 Å². The van der Waals surface area contributed by atoms with Gasteiger partial charge in [0.05, 0.1) is 23.9 Å². The number of halogens is 1. The van der Waals surface area contributed by atoms with Crippen molar-refractivity contribution < 1.29 is 31.6 Å². The Kier molecular flexibility index (Phi) is 10.6. The zero-order valence-corrected chi connectivity index (χ0v) is 25.4. The van der Waals surface area contributed by atoms with Gasteiger partial charge in [0.1, 0.15) is 11.5 Å². The summed E-state index contributed by atoms with van der Waals surface area (Å²) >= 11 is 3.36. The number of nitrogens with one attached hydrogen (secondary N) is 1. The molecular formula is C31H29BrN2O7S. The summed E-state index contributed by atoms with van der Waals surface area (Å²) in [5.74, 6) is 0.688. The van der Waals surface area contributed by atoms with E-state index in [-0.39, 0.29) is 23.0 Å². The molecule has 4 rings (SSSR count). The maximum atomic E-state index is 12.8. The highest BCUT2D eigenvalue weighted by molar-refractivity contribution is 9.10. The second-order valence-electron chi connectivity index (χ2n) is 8.68. The van der Waals surface area contributed by atoms with Crippen molar-refractivity contribution in [1.82, 2.24) is 5.43 Å². The number of benzene rings is 4. The molecule has 42 heavy (non-hydrogen) atoms. The summed E-state index contributed by atoms with van der Waals surface area (Å²) < 4.78 is 48.5. The lowest BCUT2D eigenvalue weighted by molar-refractivity contribution is 0.0954. The summed E-state index contributed by atoms with van der Waals surface area (Å²) in [5, 5.41) is 4.05. The van der Waals surface area contributed by atoms with E-state index in [1.165, 1.54) is 18.3 Å². The number of carbonyl (C=O) groups is 1. The Bertz CT molecular complexity index is 1650. The summed E-state index contributed by atoms with van der Waals surface area (Å²) in [6, 6.07) is 25.6. The van der Waals surface area contributed by atoms with Gasteiger partial charge in [0.25, 0.3) is 5.91 Å². The normalized spacial score (nSPS) is 11.2. The van der Waals surface area contributed by atoms with Crippen LogP contribution in [-0.2, 0) is 16.7 Å². The van der Waals surface area contributed by atoms with Crippen LogP contribution >= 0.6 is 15.9 Å². The van der Waals surface area contributed by atoms with Gasteiger partial charge in [-0.05, 0) is 83.4 Å². The number of hydrazone groups is 1. The molecule has 0 aliphatic heterocycles. The van der Waals surface area contributed by atoms with Crippen molar-refractivity contribution in [2.24, 2.45) is 5.10 Å². The van der Waals surface area contributed by atoms with Crippen LogP contribution in [0.15, 0.2) is 105 Å². The van der Waals surface area contributed by atoms with Crippen LogP contribution in [-0.4, -0.2) is 33.8 Å². The molecular weight excluding hydrogens is 624 g/mol. The average Bonchev–Trinajstić information content (AvgIpc) is 2.99. The fourth-order valence-electron chi connectivity index (χ4n) is 3.75. The Morgan fingerprint density at radius 3 is 2.19 bits per heavy atom. The van der Waals surface area contributed by atoms with E-state index in [1.807, 2.05) is 37.3 Å². The van der Waals surface area contributed by atoms with Crippen LogP contribution in [0.3, 0.4) is 0 Å². The highest BCUT2D eigenvalue weighted by Gasteiger charge is 2.22. The van der Waals surface area contributed by atoms with Gasteiger partial charge in [-0.3, -0.25) is 4.79 Å². The van der Waals surface area contributed by atoms with Crippen LogP contribution in [0.5, 0.6) is 23.0 Å². The molecule has 0 unspecified atom stereocenters. The van der Waals surface area contributed by atoms with Gasteiger partial charge < -0.3 is 18.4 Å². The summed E-state index contributed by atoms with van der Waals surface area (Å²) in [6.45, 7) is 4.63. The highest BCUT2D eigenvalue weighted by Crippen LogP contribution is 2.38. The van der Waals surface area contributed by atoms with Crippen LogP contribution in [0.4, 0.5) is 0 Å². The molecule has 0 aromatic heterocycles. The van der Waals surface area contributed by atoms with Crippen molar-refractivity contribution in [3.63, 3.8) is 0 Å². The molecule has 0 aliphatic carbocycles. The highest BCUT2D eigenvalue weighted by atomic mass is 79.9. The quantitative estimate of drug-likeness (QED) is 0.102. The van der Waals surface area contributed by atoms with E-state index in [0.29, 0.717) is 40.3 Å². The molecule has 0 radical (unpaired) electrons. The first-order valence-electron chi connectivity index (χ1n) is 13.0. The third kappa shape index (κ3) is 8.11. The zero-order chi connectivity index (χ0) is 30.0. The van der Waals surface area contributed by atoms with Crippen molar-refractivity contribution in [3.05, 3.63) is 112 Å². The monoisotopic (exact) mass is 652 g/mol. The number of amides is 1. The number of ether oxygens (including phenoxy) is 3. The second kappa shape index (κ2) is 14.5. The fourth-order valence-corrected chi connectivity index (χ4v) is 5.38. The number of hydrogen-bond donors (Lipinski definition) is 1. The predicted octanol–water partition coefficient (Wildman–Crippen LogP) is 6.36. The molecule has 0 saturated carbocycles. The van der Waals surface area contributed by atoms with Crippen LogP contribution in [0.25, 0.3) is 0 Å². The molecule has 11 heteroatoms. The lowest BCUT2D eigenvalue weighted by Crippen LogP contribution is -2.18. The minimum absolute atomic E-state index is 0.0000785. The van der Waals surface area contributed by atoms with Gasteiger partial charge in [-0.25, -0.2) is 5.43 Å². The second-order valence-corrected chi connectivity index (χ2v) is 11.1. The smallest absolute Gasteiger partial charge is 0.339 e. The maximum Gasteiger partial charge on any atom is 0.339 e. The van der Waals surface area contributed by atoms with Gasteiger partial charge in [0.15, 0.2) is 23.0 Å². The number of hydrogen-bond acceptors (Lipinski definition) is 8. The van der Waals surface area contributed by atoms with Gasteiger partial charge in [0, 0.05) is 5.56 Å². The Morgan fingerprint density at radius 1 is 0.833 bits per heavy atom. The maximum absolute atomic E-state index is 12.8. The average molecular weight is 654 g/mol. The Labute approximate surface area is 253 Å². The van der Waals surface area contributed by atoms with Gasteiger partial charge in [-0.15, -0.1) is 0 Å². The van der Waals surface area contributed by atoms with Crippen molar-refractivity contribution in [3.8, 4) is 23.0 Å². The molecule has 0 fully saturated rings. The van der Waals surface area contributed by atoms with Crippen LogP contribution in [0.2, 0.25) is 0 Å². The molecule has 4 aromatic carbocycles. The third-order valence-electron chi connectivity index (χ3n) is 5.68. The van der Waals surface area contributed by atoms with Gasteiger partial charge in [-0.1, -0.05) is 48.5 Å². The van der Waals surface area contributed by atoms with Gasteiger partial charge in [0.2, 0.25) is 0 Å². The Morgan fingerprint density at radius 2 is 1.50 bits per heavy atom. The van der Waals surface area contributed by atoms with Gasteiger partial charge >= 0.3 is 10.1 Å². The number of carbonyl (C=O) groups excluding carboxylic acids is 1. The Hall–Kier alpha value is -4.35. The van der Waals surface area contributed by atoms with E-state index < -0.39 is 16.0 Å². The summed E-state index contributed by atoms with van der Waals surface area (Å²) in [4.78, 5) is 12.8. The first-order valence-corrected chi connectivity index (χ1v) is 15.2. The van der Waals surface area contributed by atoms with Crippen LogP contribution in [0.1, 0.15) is 35.3 Å². The molecule has 0 bridgehead atoms. The first kappa shape index (κ1) is 30.6. The van der Waals surface area contributed by atoms with Gasteiger partial charge in [-0.2, -0.15) is 13.5 Å². The SMILES string of the molecule is CCOc1cc(C(=O)N/N=C/c2cc(Br)c(OS(=O)(=O)c3ccccc3)c(OCC)c2)ccc1OCc1ccccc1. The number of nitrogens with zero attached hydrogens (tertiary/aromatic N) is 1. The molecule has 0 atom stereocenters. The predicted molar refractivity (Wildman–Crippen MR) is 163 cm³/mol. The summed E-state index contributed by atoms with van der Waals surface area (Å²) in [6.07, 6.45) is 1.40. The van der Waals surface area contributed by atoms with E-state index in [0.717, 1.165) is 5.56 Å². The fraction of sp³-hybridized carbons (Fsp3) is 0.161. The van der Waals surface area contributed by atoms with Crippen molar-refractivity contribution in [2.45, 2.75) is 25.3 Å². The standard InChI is InChI=1S/C31H29BrN2O7S/c1-3-38-28-19-24(15-16-27(28)40-21-22-11-7-5-8-12-22)31(35)34-33-20-23-17-26(32)30(29(18-23)39-4-2)41-42(36,37)25-13-9-6-10-14-25/h5-20H,3-4,21H2,1-2H3,(H,34,35)/b33-20+. The van der Waals surface area contributed by atoms with E-state index in [9.17, 15) is 13.2 Å². The molecule has 4 aromatic rings.